The molecule has 0 fully saturated rings. The summed E-state index contributed by atoms with van der Waals surface area (Å²) in [5, 5.41) is 4.99. The molecule has 1 heterocycles. The topological polar surface area (TPSA) is 30.0 Å². The second-order valence-electron chi connectivity index (χ2n) is 9.17. The van der Waals surface area contributed by atoms with E-state index in [1.54, 1.807) is 0 Å². The van der Waals surface area contributed by atoms with Gasteiger partial charge in [0, 0.05) is 38.5 Å². The van der Waals surface area contributed by atoms with E-state index in [0.29, 0.717) is 0 Å². The number of hydrogen-bond acceptors (Lipinski definition) is 2. The first-order valence-electron chi connectivity index (χ1n) is 11.3. The second kappa shape index (κ2) is 7.27. The van der Waals surface area contributed by atoms with Crippen LogP contribution in [0.2, 0.25) is 0 Å². The van der Waals surface area contributed by atoms with Crippen molar-refractivity contribution in [3.05, 3.63) is 120 Å². The van der Waals surface area contributed by atoms with Gasteiger partial charge in [-0.2, -0.15) is 0 Å². The largest absolute Gasteiger partial charge is 0.309 e. The molecule has 3 heteroatoms. The zero-order valence-electron chi connectivity index (χ0n) is 18.7. The standard InChI is InChI=1S/C30H24NOP/c1-30(2)25-17-9-11-21-19-20-31-29(27(21)25)24-16-10-18-26(28(24)30)33(32,22-12-5-3-6-13-22)23-14-7-4-8-15-23/h3-20H,1-2H3. The predicted molar refractivity (Wildman–Crippen MR) is 139 cm³/mol. The van der Waals surface area contributed by atoms with Crippen molar-refractivity contribution in [1.29, 1.82) is 0 Å². The molecule has 1 aliphatic carbocycles. The molecule has 6 rings (SSSR count). The highest BCUT2D eigenvalue weighted by Crippen LogP contribution is 2.52. The third-order valence-electron chi connectivity index (χ3n) is 6.97. The summed E-state index contributed by atoms with van der Waals surface area (Å²) in [7, 11) is -3.13. The van der Waals surface area contributed by atoms with E-state index in [4.69, 9.17) is 4.98 Å². The van der Waals surface area contributed by atoms with Crippen LogP contribution in [0.3, 0.4) is 0 Å². The Morgan fingerprint density at radius 2 is 1.33 bits per heavy atom. The van der Waals surface area contributed by atoms with Gasteiger partial charge in [0.2, 0.25) is 0 Å². The normalized spacial score (nSPS) is 14.1. The quantitative estimate of drug-likeness (QED) is 0.311. The summed E-state index contributed by atoms with van der Waals surface area (Å²) in [6.45, 7) is 4.50. The molecular formula is C30H24NOP. The van der Waals surface area contributed by atoms with Gasteiger partial charge in [-0.1, -0.05) is 111 Å². The summed E-state index contributed by atoms with van der Waals surface area (Å²) in [5.74, 6) is 0. The Balaban J connectivity index is 1.76. The first-order chi connectivity index (χ1) is 16.0. The molecule has 33 heavy (non-hydrogen) atoms. The Morgan fingerprint density at radius 1 is 0.697 bits per heavy atom. The van der Waals surface area contributed by atoms with Crippen LogP contribution in [0.1, 0.15) is 25.0 Å². The zero-order chi connectivity index (χ0) is 22.6. The van der Waals surface area contributed by atoms with Crippen molar-refractivity contribution in [3.63, 3.8) is 0 Å². The Bertz CT molecular complexity index is 1510. The maximum atomic E-state index is 15.3. The molecule has 0 aliphatic heterocycles. The van der Waals surface area contributed by atoms with E-state index in [0.717, 1.165) is 32.7 Å². The molecule has 0 N–H and O–H groups in total. The van der Waals surface area contributed by atoms with Crippen molar-refractivity contribution in [1.82, 2.24) is 4.98 Å². The van der Waals surface area contributed by atoms with E-state index in [2.05, 4.69) is 50.2 Å². The SMILES string of the molecule is CC1(C)c2c(cccc2P(=O)(c2ccccc2)c2ccccc2)-c2nccc3cccc1c23. The van der Waals surface area contributed by atoms with Crippen LogP contribution in [0, 0.1) is 0 Å². The second-order valence-corrected chi connectivity index (χ2v) is 11.9. The van der Waals surface area contributed by atoms with Crippen molar-refractivity contribution in [2.45, 2.75) is 19.3 Å². The van der Waals surface area contributed by atoms with Gasteiger partial charge >= 0.3 is 0 Å². The minimum atomic E-state index is -3.13. The van der Waals surface area contributed by atoms with Crippen molar-refractivity contribution in [2.75, 3.05) is 0 Å². The van der Waals surface area contributed by atoms with E-state index in [9.17, 15) is 0 Å². The first-order valence-corrected chi connectivity index (χ1v) is 13.0. The summed E-state index contributed by atoms with van der Waals surface area (Å²) in [5.41, 5.74) is 4.07. The molecule has 1 aliphatic rings. The average Bonchev–Trinajstić information content (AvgIpc) is 2.87. The van der Waals surface area contributed by atoms with Gasteiger partial charge in [0.05, 0.1) is 5.69 Å². The van der Waals surface area contributed by atoms with Crippen molar-refractivity contribution < 1.29 is 4.57 Å². The number of nitrogens with zero attached hydrogens (tertiary/aromatic N) is 1. The number of rotatable bonds is 3. The fourth-order valence-corrected chi connectivity index (χ4v) is 8.50. The van der Waals surface area contributed by atoms with Crippen LogP contribution in [0.25, 0.3) is 22.0 Å². The van der Waals surface area contributed by atoms with Crippen LogP contribution in [-0.4, -0.2) is 4.98 Å². The van der Waals surface area contributed by atoms with Crippen LogP contribution < -0.4 is 15.9 Å². The predicted octanol–water partition coefficient (Wildman–Crippen LogP) is 6.18. The number of pyridine rings is 1. The van der Waals surface area contributed by atoms with E-state index < -0.39 is 7.14 Å². The molecule has 0 spiro atoms. The van der Waals surface area contributed by atoms with Gasteiger partial charge in [-0.3, -0.25) is 4.98 Å². The highest BCUT2D eigenvalue weighted by Gasteiger charge is 2.41. The molecule has 2 nitrogen and oxygen atoms in total. The van der Waals surface area contributed by atoms with E-state index in [1.807, 2.05) is 72.9 Å². The zero-order valence-corrected chi connectivity index (χ0v) is 19.6. The van der Waals surface area contributed by atoms with Gasteiger partial charge in [0.1, 0.15) is 0 Å². The lowest BCUT2D eigenvalue weighted by atomic mass is 9.70. The fourth-order valence-electron chi connectivity index (χ4n) is 5.45. The summed E-state index contributed by atoms with van der Waals surface area (Å²) < 4.78 is 15.3. The Kier molecular flexibility index (Phi) is 4.44. The Morgan fingerprint density at radius 3 is 2.00 bits per heavy atom. The highest BCUT2D eigenvalue weighted by atomic mass is 31.2. The molecule has 0 saturated heterocycles. The minimum Gasteiger partial charge on any atom is -0.309 e. The van der Waals surface area contributed by atoms with Crippen LogP contribution in [-0.2, 0) is 9.98 Å². The van der Waals surface area contributed by atoms with Crippen molar-refractivity contribution in [2.24, 2.45) is 0 Å². The lowest BCUT2D eigenvalue weighted by Gasteiger charge is -2.38. The van der Waals surface area contributed by atoms with Gasteiger partial charge in [-0.25, -0.2) is 0 Å². The number of fused-ring (bicyclic) bond motifs is 2. The van der Waals surface area contributed by atoms with Gasteiger partial charge in [0.15, 0.2) is 7.14 Å². The van der Waals surface area contributed by atoms with Crippen LogP contribution in [0.4, 0.5) is 0 Å². The average molecular weight is 446 g/mol. The summed E-state index contributed by atoms with van der Waals surface area (Å²) in [6.07, 6.45) is 1.88. The molecular weight excluding hydrogens is 421 g/mol. The molecule has 0 radical (unpaired) electrons. The molecule has 160 valence electrons. The van der Waals surface area contributed by atoms with Crippen LogP contribution >= 0.6 is 7.14 Å². The van der Waals surface area contributed by atoms with Gasteiger partial charge in [0.25, 0.3) is 0 Å². The summed E-state index contributed by atoms with van der Waals surface area (Å²) >= 11 is 0. The molecule has 1 aromatic heterocycles. The van der Waals surface area contributed by atoms with Gasteiger partial charge in [-0.05, 0) is 22.6 Å². The minimum absolute atomic E-state index is 0.333. The number of benzene rings is 4. The van der Waals surface area contributed by atoms with Crippen molar-refractivity contribution >= 4 is 33.8 Å². The maximum Gasteiger partial charge on any atom is 0.171 e. The number of hydrogen-bond donors (Lipinski definition) is 0. The monoisotopic (exact) mass is 445 g/mol. The maximum absolute atomic E-state index is 15.3. The third-order valence-corrected chi connectivity index (χ3v) is 10.1. The Labute approximate surface area is 194 Å². The Hall–Kier alpha value is -3.48. The first kappa shape index (κ1) is 20.1. The number of aromatic nitrogens is 1. The third kappa shape index (κ3) is 2.81. The molecule has 5 aromatic rings. The molecule has 0 atom stereocenters. The van der Waals surface area contributed by atoms with E-state index in [-0.39, 0.29) is 5.41 Å². The molecule has 0 amide bonds. The smallest absolute Gasteiger partial charge is 0.171 e. The molecule has 0 unspecified atom stereocenters. The van der Waals surface area contributed by atoms with Gasteiger partial charge < -0.3 is 4.57 Å². The van der Waals surface area contributed by atoms with Crippen LogP contribution in [0.5, 0.6) is 0 Å². The van der Waals surface area contributed by atoms with Crippen molar-refractivity contribution in [3.8, 4) is 11.3 Å². The molecule has 0 bridgehead atoms. The summed E-state index contributed by atoms with van der Waals surface area (Å²) in [6, 6.07) is 34.6. The van der Waals surface area contributed by atoms with E-state index >= 15 is 4.57 Å². The van der Waals surface area contributed by atoms with E-state index in [1.165, 1.54) is 16.3 Å². The molecule has 0 saturated carbocycles. The van der Waals surface area contributed by atoms with Crippen LogP contribution in [0.15, 0.2) is 109 Å². The van der Waals surface area contributed by atoms with Gasteiger partial charge in [-0.15, -0.1) is 0 Å². The highest BCUT2D eigenvalue weighted by molar-refractivity contribution is 7.85. The lowest BCUT2D eigenvalue weighted by Crippen LogP contribution is -2.35. The lowest BCUT2D eigenvalue weighted by molar-refractivity contribution is 0.590. The fraction of sp³-hybridized carbons (Fsp3) is 0.100. The molecule has 4 aromatic carbocycles. The summed E-state index contributed by atoms with van der Waals surface area (Å²) in [4.78, 5) is 4.82.